The molecule has 0 spiro atoms. The quantitative estimate of drug-likeness (QED) is 0.478. The Hall–Kier alpha value is -2.34. The first-order valence-electron chi connectivity index (χ1n) is 8.81. The van der Waals surface area contributed by atoms with Gasteiger partial charge in [-0.15, -0.1) is 11.3 Å². The molecule has 1 aromatic carbocycles. The van der Waals surface area contributed by atoms with Crippen LogP contribution in [0.1, 0.15) is 32.3 Å². The Kier molecular flexibility index (Phi) is 7.66. The molecule has 0 atom stereocenters. The fourth-order valence-corrected chi connectivity index (χ4v) is 3.16. The predicted molar refractivity (Wildman–Crippen MR) is 104 cm³/mol. The van der Waals surface area contributed by atoms with Gasteiger partial charge in [-0.1, -0.05) is 31.5 Å². The third kappa shape index (κ3) is 5.08. The van der Waals surface area contributed by atoms with Gasteiger partial charge >= 0.3 is 11.9 Å². The maximum Gasteiger partial charge on any atom is 0.340 e. The molecule has 0 unspecified atom stereocenters. The number of hydrogen-bond acceptors (Lipinski definition) is 6. The Morgan fingerprint density at radius 1 is 1.00 bits per heavy atom. The van der Waals surface area contributed by atoms with E-state index in [1.807, 2.05) is 62.5 Å². The van der Waals surface area contributed by atoms with Crippen LogP contribution in [0.3, 0.4) is 0 Å². The first kappa shape index (κ1) is 20.0. The Morgan fingerprint density at radius 3 is 2.04 bits per heavy atom. The molecule has 0 N–H and O–H groups in total. The molecule has 0 saturated carbocycles. The minimum absolute atomic E-state index is 0.266. The number of esters is 2. The van der Waals surface area contributed by atoms with E-state index in [1.54, 1.807) is 4.90 Å². The maximum atomic E-state index is 12.7. The predicted octanol–water partition coefficient (Wildman–Crippen LogP) is 4.47. The van der Waals surface area contributed by atoms with Gasteiger partial charge in [0.05, 0.1) is 18.2 Å². The monoisotopic (exact) mass is 375 g/mol. The van der Waals surface area contributed by atoms with Crippen LogP contribution in [0.15, 0.2) is 41.8 Å². The average molecular weight is 375 g/mol. The summed E-state index contributed by atoms with van der Waals surface area (Å²) in [5.41, 5.74) is 1.84. The molecule has 0 bridgehead atoms. The van der Waals surface area contributed by atoms with Gasteiger partial charge in [-0.3, -0.25) is 0 Å². The summed E-state index contributed by atoms with van der Waals surface area (Å²) in [4.78, 5) is 27.1. The summed E-state index contributed by atoms with van der Waals surface area (Å²) in [6.07, 6.45) is 1.37. The van der Waals surface area contributed by atoms with Gasteiger partial charge in [0, 0.05) is 5.69 Å². The van der Waals surface area contributed by atoms with Gasteiger partial charge in [0.25, 0.3) is 0 Å². The van der Waals surface area contributed by atoms with E-state index in [1.165, 1.54) is 11.3 Å². The van der Waals surface area contributed by atoms with Gasteiger partial charge in [0.15, 0.2) is 0 Å². The molecule has 1 heterocycles. The van der Waals surface area contributed by atoms with Gasteiger partial charge in [-0.25, -0.2) is 9.59 Å². The van der Waals surface area contributed by atoms with Crippen LogP contribution < -0.4 is 4.90 Å². The number of thiophene rings is 1. The van der Waals surface area contributed by atoms with Crippen molar-refractivity contribution in [3.8, 4) is 0 Å². The van der Waals surface area contributed by atoms with E-state index in [0.29, 0.717) is 12.8 Å². The van der Waals surface area contributed by atoms with Crippen LogP contribution in [-0.2, 0) is 19.1 Å². The molecule has 0 aliphatic rings. The number of hydrogen-bond donors (Lipinski definition) is 0. The zero-order chi connectivity index (χ0) is 18.9. The Bertz CT molecular complexity index is 677. The van der Waals surface area contributed by atoms with Crippen molar-refractivity contribution in [3.63, 3.8) is 0 Å². The lowest BCUT2D eigenvalue weighted by Gasteiger charge is -2.29. The second-order valence-corrected chi connectivity index (χ2v) is 6.82. The summed E-state index contributed by atoms with van der Waals surface area (Å²) in [7, 11) is 0. The van der Waals surface area contributed by atoms with Crippen molar-refractivity contribution in [1.82, 2.24) is 0 Å². The van der Waals surface area contributed by atoms with Crippen molar-refractivity contribution in [2.24, 2.45) is 0 Å². The lowest BCUT2D eigenvalue weighted by Crippen LogP contribution is -2.46. The van der Waals surface area contributed by atoms with Crippen molar-refractivity contribution in [1.29, 1.82) is 0 Å². The van der Waals surface area contributed by atoms with Gasteiger partial charge in [0.2, 0.25) is 6.04 Å². The molecule has 2 rings (SSSR count). The molecule has 2 aromatic rings. The highest BCUT2D eigenvalue weighted by atomic mass is 32.1. The van der Waals surface area contributed by atoms with E-state index in [4.69, 9.17) is 9.47 Å². The van der Waals surface area contributed by atoms with Crippen molar-refractivity contribution in [2.75, 3.05) is 18.1 Å². The second kappa shape index (κ2) is 9.97. The van der Waals surface area contributed by atoms with Gasteiger partial charge in [0.1, 0.15) is 0 Å². The number of carbonyl (C=O) groups excluding carboxylic acids is 2. The van der Waals surface area contributed by atoms with E-state index < -0.39 is 18.0 Å². The second-order valence-electron chi connectivity index (χ2n) is 5.89. The highest BCUT2D eigenvalue weighted by Crippen LogP contribution is 2.33. The molecule has 5 nitrogen and oxygen atoms in total. The summed E-state index contributed by atoms with van der Waals surface area (Å²) in [6.45, 7) is 6.34. The number of carbonyl (C=O) groups is 2. The lowest BCUT2D eigenvalue weighted by atomic mass is 10.1. The molecule has 1 aromatic heterocycles. The fraction of sp³-hybridized carbons (Fsp3) is 0.400. The lowest BCUT2D eigenvalue weighted by molar-refractivity contribution is -0.156. The minimum Gasteiger partial charge on any atom is -0.464 e. The summed E-state index contributed by atoms with van der Waals surface area (Å²) in [5.74, 6) is -1.19. The highest BCUT2D eigenvalue weighted by molar-refractivity contribution is 7.14. The van der Waals surface area contributed by atoms with Crippen LogP contribution in [0.5, 0.6) is 0 Å². The molecule has 140 valence electrons. The summed E-state index contributed by atoms with van der Waals surface area (Å²) >= 11 is 1.45. The van der Waals surface area contributed by atoms with Crippen LogP contribution >= 0.6 is 11.3 Å². The normalized spacial score (nSPS) is 10.6. The zero-order valence-electron chi connectivity index (χ0n) is 15.4. The van der Waals surface area contributed by atoms with Crippen LogP contribution in [0.2, 0.25) is 0 Å². The fourth-order valence-electron chi connectivity index (χ4n) is 2.39. The third-order valence-corrected chi connectivity index (χ3v) is 4.52. The molecule has 0 amide bonds. The van der Waals surface area contributed by atoms with Crippen molar-refractivity contribution in [3.05, 3.63) is 47.3 Å². The summed E-state index contributed by atoms with van der Waals surface area (Å²) < 4.78 is 10.6. The number of benzene rings is 1. The molecular formula is C20H25NO4S. The number of rotatable bonds is 9. The number of aryl methyl sites for hydroxylation is 1. The minimum atomic E-state index is -1.17. The Morgan fingerprint density at radius 2 is 1.58 bits per heavy atom. The SMILES string of the molecule is CCCOC(=O)C(C(=O)OCCC)N(c1ccc(C)cc1)c1cccs1. The van der Waals surface area contributed by atoms with Crippen molar-refractivity contribution >= 4 is 34.0 Å². The number of ether oxygens (including phenoxy) is 2. The van der Waals surface area contributed by atoms with E-state index in [9.17, 15) is 9.59 Å². The molecule has 0 fully saturated rings. The van der Waals surface area contributed by atoms with Crippen LogP contribution in [0, 0.1) is 6.92 Å². The standard InChI is InChI=1S/C20H25NO4S/c1-4-12-24-19(22)18(20(23)25-13-5-2)21(17-7-6-14-26-17)16-10-8-15(3)9-11-16/h6-11,14,18H,4-5,12-13H2,1-3H3. The molecule has 0 radical (unpaired) electrons. The van der Waals surface area contributed by atoms with Crippen LogP contribution in [0.4, 0.5) is 10.7 Å². The highest BCUT2D eigenvalue weighted by Gasteiger charge is 2.37. The van der Waals surface area contributed by atoms with Crippen molar-refractivity contribution in [2.45, 2.75) is 39.7 Å². The van der Waals surface area contributed by atoms with E-state index in [-0.39, 0.29) is 13.2 Å². The molecular weight excluding hydrogens is 350 g/mol. The average Bonchev–Trinajstić information content (AvgIpc) is 3.17. The zero-order valence-corrected chi connectivity index (χ0v) is 16.3. The van der Waals surface area contributed by atoms with Gasteiger partial charge in [-0.05, 0) is 49.4 Å². The molecule has 0 saturated heterocycles. The molecule has 0 aliphatic heterocycles. The maximum absolute atomic E-state index is 12.7. The van der Waals surface area contributed by atoms with Gasteiger partial charge < -0.3 is 14.4 Å². The van der Waals surface area contributed by atoms with Gasteiger partial charge in [-0.2, -0.15) is 0 Å². The van der Waals surface area contributed by atoms with Crippen molar-refractivity contribution < 1.29 is 19.1 Å². The van der Waals surface area contributed by atoms with E-state index >= 15 is 0 Å². The van der Waals surface area contributed by atoms with Crippen LogP contribution in [0.25, 0.3) is 0 Å². The topological polar surface area (TPSA) is 55.8 Å². The number of nitrogens with zero attached hydrogens (tertiary/aromatic N) is 1. The largest absolute Gasteiger partial charge is 0.464 e. The molecule has 6 heteroatoms. The van der Waals surface area contributed by atoms with E-state index in [2.05, 4.69) is 0 Å². The first-order valence-corrected chi connectivity index (χ1v) is 9.69. The summed E-state index contributed by atoms with van der Waals surface area (Å²) in [6, 6.07) is 10.3. The van der Waals surface area contributed by atoms with Crippen LogP contribution in [-0.4, -0.2) is 31.2 Å². The van der Waals surface area contributed by atoms with E-state index in [0.717, 1.165) is 16.3 Å². The summed E-state index contributed by atoms with van der Waals surface area (Å²) in [5, 5.41) is 2.68. The third-order valence-electron chi connectivity index (χ3n) is 3.66. The number of anilines is 2. The smallest absolute Gasteiger partial charge is 0.340 e. The first-order chi connectivity index (χ1) is 12.6. The Labute approximate surface area is 158 Å². The molecule has 0 aliphatic carbocycles. The molecule has 26 heavy (non-hydrogen) atoms. The Balaban J connectivity index is 2.44.